The van der Waals surface area contributed by atoms with E-state index >= 15 is 0 Å². The number of nitrogens with zero attached hydrogens (tertiary/aromatic N) is 3. The Balaban J connectivity index is 1.82. The summed E-state index contributed by atoms with van der Waals surface area (Å²) in [5.41, 5.74) is -0.556. The number of anilines is 1. The van der Waals surface area contributed by atoms with Crippen LogP contribution in [-0.4, -0.2) is 20.7 Å². The first-order valence-electron chi connectivity index (χ1n) is 8.26. The molecule has 3 rings (SSSR count). The summed E-state index contributed by atoms with van der Waals surface area (Å²) in [6.45, 7) is 3.72. The van der Waals surface area contributed by atoms with Gasteiger partial charge in [0.05, 0.1) is 17.5 Å². The molecule has 1 amide bonds. The molecule has 1 aliphatic rings. The third-order valence-corrected chi connectivity index (χ3v) is 5.53. The molecule has 1 atom stereocenters. The molecule has 1 aliphatic carbocycles. The van der Waals surface area contributed by atoms with E-state index in [1.807, 2.05) is 0 Å². The van der Waals surface area contributed by atoms with Crippen molar-refractivity contribution in [2.24, 2.45) is 5.92 Å². The van der Waals surface area contributed by atoms with E-state index in [0.29, 0.717) is 11.0 Å². The van der Waals surface area contributed by atoms with Crippen LogP contribution in [0.3, 0.4) is 0 Å². The maximum Gasteiger partial charge on any atom is 0.433 e. The molecular weight excluding hydrogens is 353 g/mol. The topological polar surface area (TPSA) is 59.8 Å². The first kappa shape index (κ1) is 17.9. The van der Waals surface area contributed by atoms with Gasteiger partial charge in [0.2, 0.25) is 0 Å². The number of nitrogens with one attached hydrogen (secondary N) is 1. The molecule has 0 bridgehead atoms. The second-order valence-corrected chi connectivity index (χ2v) is 7.16. The first-order chi connectivity index (χ1) is 11.8. The molecule has 0 aromatic carbocycles. The molecule has 1 N–H and O–H groups in total. The fourth-order valence-electron chi connectivity index (χ4n) is 3.10. The van der Waals surface area contributed by atoms with Crippen LogP contribution >= 0.6 is 11.3 Å². The predicted molar refractivity (Wildman–Crippen MR) is 88.8 cm³/mol. The average Bonchev–Trinajstić information content (AvgIpc) is 3.16. The second-order valence-electron chi connectivity index (χ2n) is 6.08. The van der Waals surface area contributed by atoms with Crippen molar-refractivity contribution in [1.82, 2.24) is 14.8 Å². The molecule has 0 radical (unpaired) electrons. The van der Waals surface area contributed by atoms with E-state index in [2.05, 4.69) is 22.3 Å². The third-order valence-electron chi connectivity index (χ3n) is 4.49. The summed E-state index contributed by atoms with van der Waals surface area (Å²) in [6, 6.07) is 0. The van der Waals surface area contributed by atoms with Crippen LogP contribution in [-0.2, 0) is 25.6 Å². The monoisotopic (exact) mass is 372 g/mol. The highest BCUT2D eigenvalue weighted by Gasteiger charge is 2.40. The number of halogens is 3. The summed E-state index contributed by atoms with van der Waals surface area (Å²) in [5, 5.41) is 6.53. The van der Waals surface area contributed by atoms with Gasteiger partial charge in [0.1, 0.15) is 0 Å². The maximum absolute atomic E-state index is 13.2. The Bertz CT molecular complexity index is 781. The lowest BCUT2D eigenvalue weighted by Crippen LogP contribution is -2.21. The highest BCUT2D eigenvalue weighted by atomic mass is 32.1. The van der Waals surface area contributed by atoms with Crippen molar-refractivity contribution in [2.45, 2.75) is 52.3 Å². The molecule has 0 saturated carbocycles. The molecule has 0 unspecified atom stereocenters. The summed E-state index contributed by atoms with van der Waals surface area (Å²) in [4.78, 5) is 17.8. The van der Waals surface area contributed by atoms with Gasteiger partial charge in [-0.1, -0.05) is 13.3 Å². The van der Waals surface area contributed by atoms with E-state index in [9.17, 15) is 18.0 Å². The fraction of sp³-hybridized carbons (Fsp3) is 0.562. The van der Waals surface area contributed by atoms with E-state index in [4.69, 9.17) is 0 Å². The molecule has 0 fully saturated rings. The van der Waals surface area contributed by atoms with Crippen molar-refractivity contribution in [1.29, 1.82) is 0 Å². The fourth-order valence-corrected chi connectivity index (χ4v) is 4.22. The van der Waals surface area contributed by atoms with Gasteiger partial charge >= 0.3 is 6.18 Å². The Hall–Kier alpha value is -1.90. The first-order valence-corrected chi connectivity index (χ1v) is 9.08. The zero-order valence-electron chi connectivity index (χ0n) is 14.0. The minimum atomic E-state index is -4.64. The summed E-state index contributed by atoms with van der Waals surface area (Å²) < 4.78 is 40.5. The quantitative estimate of drug-likeness (QED) is 0.877. The molecule has 136 valence electrons. The van der Waals surface area contributed by atoms with Crippen LogP contribution in [0.25, 0.3) is 0 Å². The average molecular weight is 372 g/mol. The number of fused-ring (bicyclic) bond motifs is 1. The molecule has 2 aromatic heterocycles. The number of carbonyl (C=O) groups is 1. The number of amides is 1. The van der Waals surface area contributed by atoms with Gasteiger partial charge in [0.15, 0.2) is 10.8 Å². The Morgan fingerprint density at radius 3 is 2.84 bits per heavy atom. The van der Waals surface area contributed by atoms with E-state index in [1.165, 1.54) is 11.3 Å². The number of carbonyl (C=O) groups excluding carboxylic acids is 1. The van der Waals surface area contributed by atoms with Crippen molar-refractivity contribution < 1.29 is 18.0 Å². The zero-order chi connectivity index (χ0) is 18.2. The lowest BCUT2D eigenvalue weighted by atomic mass is 9.89. The largest absolute Gasteiger partial charge is 0.433 e. The summed E-state index contributed by atoms with van der Waals surface area (Å²) in [7, 11) is 0. The van der Waals surface area contributed by atoms with Crippen molar-refractivity contribution in [3.8, 4) is 0 Å². The van der Waals surface area contributed by atoms with Gasteiger partial charge in [0, 0.05) is 11.4 Å². The van der Waals surface area contributed by atoms with Crippen LogP contribution in [0.4, 0.5) is 18.3 Å². The van der Waals surface area contributed by atoms with Crippen molar-refractivity contribution in [2.75, 3.05) is 5.32 Å². The Kier molecular flexibility index (Phi) is 4.86. The molecule has 2 aromatic rings. The van der Waals surface area contributed by atoms with Crippen LogP contribution in [0.5, 0.6) is 0 Å². The third kappa shape index (κ3) is 3.56. The Morgan fingerprint density at radius 1 is 1.44 bits per heavy atom. The standard InChI is InChI=1S/C16H19F3N4OS/c1-3-9-5-6-11-12(7-9)25-15(21-11)22-14(24)10-8-20-23(4-2)13(10)16(17,18)19/h8-9H,3-7H2,1-2H3,(H,21,22,24)/t9-/m0/s1. The summed E-state index contributed by atoms with van der Waals surface area (Å²) >= 11 is 1.35. The van der Waals surface area contributed by atoms with E-state index in [1.54, 1.807) is 6.92 Å². The molecule has 2 heterocycles. The summed E-state index contributed by atoms with van der Waals surface area (Å²) in [6.07, 6.45) is 0.229. The number of aromatic nitrogens is 3. The number of alkyl halides is 3. The summed E-state index contributed by atoms with van der Waals surface area (Å²) in [5.74, 6) is -0.221. The maximum atomic E-state index is 13.2. The smallest absolute Gasteiger partial charge is 0.298 e. The molecular formula is C16H19F3N4OS. The minimum absolute atomic E-state index is 0.0338. The van der Waals surface area contributed by atoms with Gasteiger partial charge in [-0.15, -0.1) is 11.3 Å². The Labute approximate surface area is 147 Å². The predicted octanol–water partition coefficient (Wildman–Crippen LogP) is 4.15. The number of thiazole rings is 1. The van der Waals surface area contributed by atoms with E-state index in [-0.39, 0.29) is 6.54 Å². The molecule has 0 saturated heterocycles. The molecule has 5 nitrogen and oxygen atoms in total. The SMILES string of the molecule is CC[C@H]1CCc2nc(NC(=O)c3cnn(CC)c3C(F)(F)F)sc2C1. The lowest BCUT2D eigenvalue weighted by Gasteiger charge is -2.18. The van der Waals surface area contributed by atoms with Crippen molar-refractivity contribution >= 4 is 22.4 Å². The highest BCUT2D eigenvalue weighted by molar-refractivity contribution is 7.15. The van der Waals surface area contributed by atoms with Crippen LogP contribution in [0, 0.1) is 5.92 Å². The number of aryl methyl sites for hydroxylation is 2. The van der Waals surface area contributed by atoms with Crippen LogP contribution in [0.2, 0.25) is 0 Å². The number of hydrogen-bond acceptors (Lipinski definition) is 4. The molecule has 0 aliphatic heterocycles. The molecule has 9 heteroatoms. The van der Waals surface area contributed by atoms with Crippen LogP contribution in [0.15, 0.2) is 6.20 Å². The normalized spacial score (nSPS) is 17.4. The van der Waals surface area contributed by atoms with Crippen LogP contribution in [0.1, 0.15) is 53.3 Å². The van der Waals surface area contributed by atoms with Gasteiger partial charge in [-0.2, -0.15) is 18.3 Å². The number of hydrogen-bond donors (Lipinski definition) is 1. The van der Waals surface area contributed by atoms with Gasteiger partial charge in [0.25, 0.3) is 5.91 Å². The van der Waals surface area contributed by atoms with Crippen LogP contribution < -0.4 is 5.32 Å². The van der Waals surface area contributed by atoms with E-state index in [0.717, 1.165) is 47.1 Å². The van der Waals surface area contributed by atoms with Gasteiger partial charge < -0.3 is 0 Å². The van der Waals surface area contributed by atoms with Gasteiger partial charge in [-0.3, -0.25) is 14.8 Å². The highest BCUT2D eigenvalue weighted by Crippen LogP contribution is 2.35. The van der Waals surface area contributed by atoms with Gasteiger partial charge in [-0.05, 0) is 32.1 Å². The van der Waals surface area contributed by atoms with Gasteiger partial charge in [-0.25, -0.2) is 4.98 Å². The molecule has 0 spiro atoms. The Morgan fingerprint density at radius 2 is 2.20 bits per heavy atom. The molecule has 25 heavy (non-hydrogen) atoms. The van der Waals surface area contributed by atoms with Crippen molar-refractivity contribution in [3.63, 3.8) is 0 Å². The zero-order valence-corrected chi connectivity index (χ0v) is 14.8. The second kappa shape index (κ2) is 6.78. The van der Waals surface area contributed by atoms with E-state index < -0.39 is 23.3 Å². The van der Waals surface area contributed by atoms with Crippen molar-refractivity contribution in [3.05, 3.63) is 28.0 Å². The number of rotatable bonds is 4. The minimum Gasteiger partial charge on any atom is -0.298 e. The lowest BCUT2D eigenvalue weighted by molar-refractivity contribution is -0.144.